The molecule has 1 aliphatic rings. The van der Waals surface area contributed by atoms with E-state index >= 15 is 0 Å². The molecule has 0 spiro atoms. The van der Waals surface area contributed by atoms with Gasteiger partial charge < -0.3 is 10.0 Å². The highest BCUT2D eigenvalue weighted by Gasteiger charge is 2.22. The molecule has 3 heteroatoms. The van der Waals surface area contributed by atoms with Crippen LogP contribution in [-0.4, -0.2) is 41.5 Å². The lowest BCUT2D eigenvalue weighted by molar-refractivity contribution is 0.213. The Labute approximate surface area is 106 Å². The average molecular weight is 245 g/mol. The zero-order valence-electron chi connectivity index (χ0n) is 10.4. The van der Waals surface area contributed by atoms with Crippen LogP contribution in [0.15, 0.2) is 0 Å². The Morgan fingerprint density at radius 2 is 1.94 bits per heavy atom. The molecule has 1 fully saturated rings. The molecule has 0 aliphatic carbocycles. The van der Waals surface area contributed by atoms with Crippen molar-refractivity contribution in [2.45, 2.75) is 57.4 Å². The van der Waals surface area contributed by atoms with Crippen molar-refractivity contribution in [2.24, 2.45) is 0 Å². The predicted octanol–water partition coefficient (Wildman–Crippen LogP) is 2.71. The van der Waals surface area contributed by atoms with Gasteiger partial charge in [0.2, 0.25) is 0 Å². The topological polar surface area (TPSA) is 23.5 Å². The molecule has 1 saturated heterocycles. The number of rotatable bonds is 9. The molecule has 0 bridgehead atoms. The lowest BCUT2D eigenvalue weighted by Crippen LogP contribution is -2.30. The second-order valence-electron chi connectivity index (χ2n) is 4.84. The molecule has 0 aromatic rings. The number of likely N-dealkylation sites (tertiary alicyclic amines) is 1. The number of hydrogen-bond donors (Lipinski definition) is 2. The summed E-state index contributed by atoms with van der Waals surface area (Å²) in [6.07, 6.45) is 10.1. The second-order valence-corrected chi connectivity index (χ2v) is 5.28. The van der Waals surface area contributed by atoms with E-state index in [1.807, 2.05) is 0 Å². The Morgan fingerprint density at radius 1 is 1.12 bits per heavy atom. The highest BCUT2D eigenvalue weighted by Crippen LogP contribution is 2.21. The van der Waals surface area contributed by atoms with Gasteiger partial charge in [0.15, 0.2) is 0 Å². The highest BCUT2D eigenvalue weighted by atomic mass is 32.1. The number of unbranched alkanes of at least 4 members (excludes halogenated alkanes) is 3. The number of aliphatic hydroxyl groups is 1. The Balaban J connectivity index is 2.05. The predicted molar refractivity (Wildman–Crippen MR) is 73.2 cm³/mol. The summed E-state index contributed by atoms with van der Waals surface area (Å²) < 4.78 is 0. The van der Waals surface area contributed by atoms with Crippen molar-refractivity contribution in [2.75, 3.05) is 25.4 Å². The first-order chi connectivity index (χ1) is 7.88. The summed E-state index contributed by atoms with van der Waals surface area (Å²) >= 11 is 4.23. The molecule has 0 aromatic carbocycles. The molecule has 1 unspecified atom stereocenters. The van der Waals surface area contributed by atoms with E-state index in [0.29, 0.717) is 6.61 Å². The molecular weight excluding hydrogens is 218 g/mol. The Morgan fingerprint density at radius 3 is 2.69 bits per heavy atom. The third kappa shape index (κ3) is 5.55. The van der Waals surface area contributed by atoms with Crippen LogP contribution in [0.25, 0.3) is 0 Å². The van der Waals surface area contributed by atoms with Gasteiger partial charge >= 0.3 is 0 Å². The fourth-order valence-corrected chi connectivity index (χ4v) is 2.85. The van der Waals surface area contributed by atoms with Crippen LogP contribution in [0.4, 0.5) is 0 Å². The minimum Gasteiger partial charge on any atom is -0.396 e. The van der Waals surface area contributed by atoms with Crippen molar-refractivity contribution in [1.29, 1.82) is 0 Å². The van der Waals surface area contributed by atoms with Crippen LogP contribution in [0.5, 0.6) is 0 Å². The van der Waals surface area contributed by atoms with Crippen molar-refractivity contribution >= 4 is 12.6 Å². The molecule has 16 heavy (non-hydrogen) atoms. The summed E-state index contributed by atoms with van der Waals surface area (Å²) in [5.41, 5.74) is 0. The maximum Gasteiger partial charge on any atom is 0.0431 e. The van der Waals surface area contributed by atoms with Crippen LogP contribution in [0.3, 0.4) is 0 Å². The van der Waals surface area contributed by atoms with Gasteiger partial charge in [0, 0.05) is 12.6 Å². The summed E-state index contributed by atoms with van der Waals surface area (Å²) in [7, 11) is 0. The molecule has 0 aromatic heterocycles. The van der Waals surface area contributed by atoms with Crippen molar-refractivity contribution in [3.63, 3.8) is 0 Å². The largest absolute Gasteiger partial charge is 0.396 e. The van der Waals surface area contributed by atoms with Gasteiger partial charge in [-0.3, -0.25) is 0 Å². The Bertz CT molecular complexity index is 166. The van der Waals surface area contributed by atoms with Gasteiger partial charge in [0.1, 0.15) is 0 Å². The quantitative estimate of drug-likeness (QED) is 0.482. The van der Waals surface area contributed by atoms with Gasteiger partial charge in [-0.1, -0.05) is 12.8 Å². The first-order valence-electron chi connectivity index (χ1n) is 6.84. The standard InChI is InChI=1S/C13H27NOS/c15-11-6-8-13-7-5-10-14(13)9-3-1-2-4-12-16/h13,15-16H,1-12H2. The average Bonchev–Trinajstić information content (AvgIpc) is 2.74. The van der Waals surface area contributed by atoms with Gasteiger partial charge in [0.25, 0.3) is 0 Å². The van der Waals surface area contributed by atoms with Crippen molar-refractivity contribution in [3.05, 3.63) is 0 Å². The van der Waals surface area contributed by atoms with E-state index in [1.165, 1.54) is 58.0 Å². The molecule has 0 saturated carbocycles. The first-order valence-corrected chi connectivity index (χ1v) is 7.47. The van der Waals surface area contributed by atoms with E-state index in [-0.39, 0.29) is 0 Å². The van der Waals surface area contributed by atoms with Gasteiger partial charge in [-0.15, -0.1) is 0 Å². The van der Waals surface area contributed by atoms with Crippen molar-refractivity contribution in [3.8, 4) is 0 Å². The Hall–Kier alpha value is 0.270. The molecular formula is C13H27NOS. The van der Waals surface area contributed by atoms with Crippen LogP contribution < -0.4 is 0 Å². The molecule has 1 heterocycles. The van der Waals surface area contributed by atoms with E-state index in [1.54, 1.807) is 0 Å². The molecule has 0 radical (unpaired) electrons. The lowest BCUT2D eigenvalue weighted by atomic mass is 10.1. The smallest absolute Gasteiger partial charge is 0.0431 e. The minimum absolute atomic E-state index is 0.353. The van der Waals surface area contributed by atoms with Gasteiger partial charge in [-0.25, -0.2) is 0 Å². The van der Waals surface area contributed by atoms with E-state index in [0.717, 1.165) is 18.2 Å². The third-order valence-electron chi connectivity index (χ3n) is 3.55. The number of aliphatic hydroxyl groups excluding tert-OH is 1. The number of hydrogen-bond acceptors (Lipinski definition) is 3. The first kappa shape index (κ1) is 14.3. The number of thiol groups is 1. The zero-order valence-corrected chi connectivity index (χ0v) is 11.3. The van der Waals surface area contributed by atoms with Gasteiger partial charge in [0.05, 0.1) is 0 Å². The maximum atomic E-state index is 8.86. The highest BCUT2D eigenvalue weighted by molar-refractivity contribution is 7.80. The van der Waals surface area contributed by atoms with E-state index in [9.17, 15) is 0 Å². The lowest BCUT2D eigenvalue weighted by Gasteiger charge is -2.24. The summed E-state index contributed by atoms with van der Waals surface area (Å²) in [6.45, 7) is 2.90. The second kappa shape index (κ2) is 9.32. The molecule has 96 valence electrons. The summed E-state index contributed by atoms with van der Waals surface area (Å²) in [6, 6.07) is 0.761. The molecule has 1 atom stereocenters. The molecule has 1 N–H and O–H groups in total. The van der Waals surface area contributed by atoms with Crippen LogP contribution in [-0.2, 0) is 0 Å². The van der Waals surface area contributed by atoms with E-state index in [2.05, 4.69) is 17.5 Å². The van der Waals surface area contributed by atoms with E-state index in [4.69, 9.17) is 5.11 Å². The fraction of sp³-hybridized carbons (Fsp3) is 1.00. The summed E-state index contributed by atoms with van der Waals surface area (Å²) in [5.74, 6) is 1.03. The molecule has 2 nitrogen and oxygen atoms in total. The van der Waals surface area contributed by atoms with Crippen molar-refractivity contribution in [1.82, 2.24) is 4.90 Å². The van der Waals surface area contributed by atoms with Crippen molar-refractivity contribution < 1.29 is 5.11 Å². The molecule has 1 aliphatic heterocycles. The maximum absolute atomic E-state index is 8.86. The molecule has 1 rings (SSSR count). The van der Waals surface area contributed by atoms with Crippen LogP contribution in [0, 0.1) is 0 Å². The van der Waals surface area contributed by atoms with Gasteiger partial charge in [-0.2, -0.15) is 12.6 Å². The minimum atomic E-state index is 0.353. The van der Waals surface area contributed by atoms with Crippen LogP contribution in [0.1, 0.15) is 51.4 Å². The third-order valence-corrected chi connectivity index (χ3v) is 3.86. The monoisotopic (exact) mass is 245 g/mol. The molecule has 0 amide bonds. The van der Waals surface area contributed by atoms with Crippen LogP contribution >= 0.6 is 12.6 Å². The SMILES string of the molecule is OCCCC1CCCN1CCCCCCS. The normalized spacial score (nSPS) is 21.8. The summed E-state index contributed by atoms with van der Waals surface area (Å²) in [4.78, 5) is 2.64. The van der Waals surface area contributed by atoms with Crippen LogP contribution in [0.2, 0.25) is 0 Å². The fourth-order valence-electron chi connectivity index (χ4n) is 2.62. The van der Waals surface area contributed by atoms with E-state index < -0.39 is 0 Å². The van der Waals surface area contributed by atoms with Gasteiger partial charge in [-0.05, 0) is 57.4 Å². The summed E-state index contributed by atoms with van der Waals surface area (Å²) in [5, 5.41) is 8.86. The number of nitrogens with zero attached hydrogens (tertiary/aromatic N) is 1. The Kier molecular flexibility index (Phi) is 8.34. The zero-order chi connectivity index (χ0) is 11.6.